The molecule has 0 bridgehead atoms. The molecule has 0 aliphatic rings. The van der Waals surface area contributed by atoms with E-state index in [1.807, 2.05) is 36.4 Å². The number of pyridine rings is 2. The third-order valence-corrected chi connectivity index (χ3v) is 2.75. The van der Waals surface area contributed by atoms with E-state index in [4.69, 9.17) is 15.3 Å². The van der Waals surface area contributed by atoms with Crippen molar-refractivity contribution < 1.29 is 29.7 Å². The Labute approximate surface area is 154 Å². The van der Waals surface area contributed by atoms with E-state index in [9.17, 15) is 14.4 Å². The zero-order valence-corrected chi connectivity index (χ0v) is 14.0. The van der Waals surface area contributed by atoms with Gasteiger partial charge in [-0.15, -0.1) is 0 Å². The number of nitrogens with zero attached hydrogens (tertiary/aromatic N) is 2. The molecule has 0 spiro atoms. The van der Waals surface area contributed by atoms with Gasteiger partial charge in [-0.25, -0.2) is 19.4 Å². The maximum Gasteiger partial charge on any atom is 0.354 e. The van der Waals surface area contributed by atoms with Crippen LogP contribution in [0.5, 0.6) is 0 Å². The third-order valence-electron chi connectivity index (χ3n) is 2.75. The Bertz CT molecular complexity index is 883. The summed E-state index contributed by atoms with van der Waals surface area (Å²) in [7, 11) is 0. The van der Waals surface area contributed by atoms with Crippen LogP contribution in [-0.4, -0.2) is 43.2 Å². The van der Waals surface area contributed by atoms with Gasteiger partial charge in [0.05, 0.1) is 5.52 Å². The summed E-state index contributed by atoms with van der Waals surface area (Å²) < 4.78 is 0. The number of carboxylic acid groups (broad SMARTS) is 3. The highest BCUT2D eigenvalue weighted by molar-refractivity contribution is 5.90. The quantitative estimate of drug-likeness (QED) is 0.600. The predicted octanol–water partition coefficient (Wildman–Crippen LogP) is 2.73. The van der Waals surface area contributed by atoms with E-state index in [0.29, 0.717) is 17.7 Å². The SMILES string of the molecule is O=C(O)/C=C\C(=O)O.O=C(O)c1ccc2ccccc2n1.c1ccncc1. The van der Waals surface area contributed by atoms with Crippen LogP contribution in [0.4, 0.5) is 0 Å². The number of para-hydroxylation sites is 1. The second-order valence-corrected chi connectivity index (χ2v) is 4.73. The van der Waals surface area contributed by atoms with Crippen molar-refractivity contribution in [1.82, 2.24) is 9.97 Å². The number of aromatic nitrogens is 2. The van der Waals surface area contributed by atoms with Crippen molar-refractivity contribution in [2.24, 2.45) is 0 Å². The van der Waals surface area contributed by atoms with Gasteiger partial charge in [0.25, 0.3) is 0 Å². The zero-order chi connectivity index (χ0) is 20.1. The number of benzene rings is 1. The fraction of sp³-hybridized carbons (Fsp3) is 0. The van der Waals surface area contributed by atoms with Crippen molar-refractivity contribution in [3.8, 4) is 0 Å². The Morgan fingerprint density at radius 3 is 1.78 bits per heavy atom. The summed E-state index contributed by atoms with van der Waals surface area (Å²) in [6, 6.07) is 16.4. The van der Waals surface area contributed by atoms with Gasteiger partial charge in [-0.2, -0.15) is 0 Å². The highest BCUT2D eigenvalue weighted by atomic mass is 16.4. The van der Waals surface area contributed by atoms with Crippen molar-refractivity contribution in [3.63, 3.8) is 0 Å². The molecule has 3 aromatic rings. The Morgan fingerprint density at radius 2 is 1.33 bits per heavy atom. The van der Waals surface area contributed by atoms with Gasteiger partial charge in [0.15, 0.2) is 0 Å². The van der Waals surface area contributed by atoms with Crippen molar-refractivity contribution in [2.75, 3.05) is 0 Å². The van der Waals surface area contributed by atoms with Gasteiger partial charge in [0.2, 0.25) is 0 Å². The smallest absolute Gasteiger partial charge is 0.354 e. The molecule has 8 nitrogen and oxygen atoms in total. The lowest BCUT2D eigenvalue weighted by atomic mass is 10.2. The maximum atomic E-state index is 10.6. The van der Waals surface area contributed by atoms with Crippen LogP contribution in [0.3, 0.4) is 0 Å². The molecule has 0 unspecified atom stereocenters. The molecule has 0 radical (unpaired) electrons. The van der Waals surface area contributed by atoms with Crippen LogP contribution in [0.25, 0.3) is 10.9 Å². The summed E-state index contributed by atoms with van der Waals surface area (Å²) in [5.74, 6) is -3.51. The fourth-order valence-electron chi connectivity index (χ4n) is 1.64. The topological polar surface area (TPSA) is 138 Å². The van der Waals surface area contributed by atoms with Crippen LogP contribution in [0.1, 0.15) is 10.5 Å². The maximum absolute atomic E-state index is 10.6. The Morgan fingerprint density at radius 1 is 0.741 bits per heavy atom. The third kappa shape index (κ3) is 9.11. The first-order valence-electron chi connectivity index (χ1n) is 7.48. The zero-order valence-electron chi connectivity index (χ0n) is 14.0. The van der Waals surface area contributed by atoms with Gasteiger partial charge in [0.1, 0.15) is 5.69 Å². The normalized spacial score (nSPS) is 9.48. The van der Waals surface area contributed by atoms with Crippen LogP contribution < -0.4 is 0 Å². The molecule has 1 aromatic carbocycles. The molecular formula is C19H16N2O6. The van der Waals surface area contributed by atoms with Gasteiger partial charge in [-0.3, -0.25) is 4.98 Å². The van der Waals surface area contributed by atoms with Gasteiger partial charge in [-0.1, -0.05) is 30.3 Å². The molecule has 27 heavy (non-hydrogen) atoms. The predicted molar refractivity (Wildman–Crippen MR) is 97.4 cm³/mol. The van der Waals surface area contributed by atoms with Crippen molar-refractivity contribution >= 4 is 28.8 Å². The first kappa shape index (κ1) is 21.0. The molecule has 0 saturated heterocycles. The number of hydrogen-bond donors (Lipinski definition) is 3. The van der Waals surface area contributed by atoms with Crippen LogP contribution in [0, 0.1) is 0 Å². The Balaban J connectivity index is 0.000000223. The highest BCUT2D eigenvalue weighted by Gasteiger charge is 2.03. The number of carboxylic acids is 3. The molecule has 0 saturated carbocycles. The van der Waals surface area contributed by atoms with Crippen LogP contribution in [0.2, 0.25) is 0 Å². The average molecular weight is 368 g/mol. The minimum atomic E-state index is -1.26. The summed E-state index contributed by atoms with van der Waals surface area (Å²) in [6.45, 7) is 0. The van der Waals surface area contributed by atoms with Crippen LogP contribution in [0.15, 0.2) is 79.1 Å². The lowest BCUT2D eigenvalue weighted by Crippen LogP contribution is -1.99. The number of rotatable bonds is 3. The molecule has 3 rings (SSSR count). The number of fused-ring (bicyclic) bond motifs is 1. The Kier molecular flexibility index (Phi) is 8.92. The number of hydrogen-bond acceptors (Lipinski definition) is 5. The van der Waals surface area contributed by atoms with E-state index >= 15 is 0 Å². The van der Waals surface area contributed by atoms with Gasteiger partial charge >= 0.3 is 17.9 Å². The van der Waals surface area contributed by atoms with E-state index in [1.165, 1.54) is 6.07 Å². The van der Waals surface area contributed by atoms with E-state index < -0.39 is 17.9 Å². The minimum absolute atomic E-state index is 0.0821. The lowest BCUT2D eigenvalue weighted by Gasteiger charge is -1.97. The molecule has 0 fully saturated rings. The number of carbonyl (C=O) groups is 3. The van der Waals surface area contributed by atoms with Gasteiger partial charge in [-0.05, 0) is 24.3 Å². The molecule has 2 heterocycles. The fourth-order valence-corrected chi connectivity index (χ4v) is 1.64. The summed E-state index contributed by atoms with van der Waals surface area (Å²) in [4.78, 5) is 37.4. The first-order valence-corrected chi connectivity index (χ1v) is 7.48. The summed E-state index contributed by atoms with van der Waals surface area (Å²) >= 11 is 0. The molecule has 0 aliphatic heterocycles. The van der Waals surface area contributed by atoms with Crippen LogP contribution in [-0.2, 0) is 9.59 Å². The van der Waals surface area contributed by atoms with Crippen molar-refractivity contribution in [2.45, 2.75) is 0 Å². The molecule has 8 heteroatoms. The number of aromatic carboxylic acids is 1. The monoisotopic (exact) mass is 368 g/mol. The molecule has 3 N–H and O–H groups in total. The largest absolute Gasteiger partial charge is 0.478 e. The summed E-state index contributed by atoms with van der Waals surface area (Å²) in [5, 5.41) is 25.3. The number of aliphatic carboxylic acids is 2. The molecule has 0 atom stereocenters. The van der Waals surface area contributed by atoms with Gasteiger partial charge in [0, 0.05) is 29.9 Å². The molecule has 2 aromatic heterocycles. The van der Waals surface area contributed by atoms with E-state index in [1.54, 1.807) is 24.5 Å². The summed E-state index contributed by atoms with van der Waals surface area (Å²) in [6.07, 6.45) is 4.62. The average Bonchev–Trinajstić information content (AvgIpc) is 2.68. The molecule has 138 valence electrons. The molecule has 0 amide bonds. The standard InChI is InChI=1S/C10H7NO2.C5H5N.C4H4O4/c12-10(13)9-6-5-7-3-1-2-4-8(7)11-9;1-2-4-6-5-3-1;5-3(6)1-2-4(7)8/h1-6H,(H,12,13);1-5H;1-2H,(H,5,6)(H,7,8)/b;;2-1-. The van der Waals surface area contributed by atoms with Crippen molar-refractivity contribution in [3.05, 3.63) is 84.8 Å². The van der Waals surface area contributed by atoms with Crippen molar-refractivity contribution in [1.29, 1.82) is 0 Å². The van der Waals surface area contributed by atoms with E-state index in [-0.39, 0.29) is 5.69 Å². The van der Waals surface area contributed by atoms with Crippen LogP contribution >= 0.6 is 0 Å². The lowest BCUT2D eigenvalue weighted by molar-refractivity contribution is -0.134. The summed E-state index contributed by atoms with van der Waals surface area (Å²) in [5.41, 5.74) is 0.793. The van der Waals surface area contributed by atoms with E-state index in [2.05, 4.69) is 9.97 Å². The first-order chi connectivity index (χ1) is 12.9. The second-order valence-electron chi connectivity index (χ2n) is 4.73. The molecule has 0 aliphatic carbocycles. The molecular weight excluding hydrogens is 352 g/mol. The Hall–Kier alpha value is -4.07. The highest BCUT2D eigenvalue weighted by Crippen LogP contribution is 2.11. The van der Waals surface area contributed by atoms with E-state index in [0.717, 1.165) is 5.39 Å². The second kappa shape index (κ2) is 11.5. The minimum Gasteiger partial charge on any atom is -0.478 e. The van der Waals surface area contributed by atoms with Gasteiger partial charge < -0.3 is 15.3 Å².